The minimum Gasteiger partial charge on any atom is -0.870 e. The second kappa shape index (κ2) is 27.3. The van der Waals surface area contributed by atoms with E-state index in [2.05, 4.69) is 0 Å². The molecule has 0 aliphatic heterocycles. The number of aliphatic hydroxyl groups excluding tert-OH is 2. The second-order valence-corrected chi connectivity index (χ2v) is 14.8. The van der Waals surface area contributed by atoms with Crippen LogP contribution < -0.4 is 4.57 Å². The number of rotatable bonds is 30. The number of aliphatic carboxylic acids is 4. The van der Waals surface area contributed by atoms with E-state index >= 15 is 0 Å². The molecule has 0 amide bonds. The normalized spacial score (nSPS) is 16.0. The van der Waals surface area contributed by atoms with Gasteiger partial charge in [-0.1, -0.05) is 59.3 Å². The van der Waals surface area contributed by atoms with E-state index in [0.29, 0.717) is 32.1 Å². The van der Waals surface area contributed by atoms with Gasteiger partial charge in [0, 0.05) is 13.0 Å². The quantitative estimate of drug-likeness (QED) is 0.0324. The van der Waals surface area contributed by atoms with Gasteiger partial charge in [-0.25, -0.2) is 0 Å². The number of esters is 2. The molecule has 0 aliphatic rings. The third kappa shape index (κ3) is 21.1. The zero-order valence-corrected chi connectivity index (χ0v) is 32.9. The maximum absolute atomic E-state index is 13.1. The predicted octanol–water partition coefficient (Wildman–Crippen LogP) is 4.32. The third-order valence-electron chi connectivity index (χ3n) is 9.79. The van der Waals surface area contributed by atoms with Crippen molar-refractivity contribution in [3.05, 3.63) is 24.5 Å². The van der Waals surface area contributed by atoms with Gasteiger partial charge in [0.1, 0.15) is 18.3 Å². The number of hydrogen-bond acceptors (Lipinski definition) is 12. The van der Waals surface area contributed by atoms with E-state index in [0.717, 1.165) is 25.7 Å². The van der Waals surface area contributed by atoms with Crippen molar-refractivity contribution in [1.29, 1.82) is 0 Å². The monoisotopic (exact) mass is 801 g/mol. The van der Waals surface area contributed by atoms with Crippen molar-refractivity contribution in [3.63, 3.8) is 0 Å². The number of hydrogen-bond donors (Lipinski definition) is 7. The van der Waals surface area contributed by atoms with Crippen LogP contribution in [0, 0.1) is 23.7 Å². The summed E-state index contributed by atoms with van der Waals surface area (Å²) in [6.07, 6.45) is 2.87. The molecule has 0 aliphatic carbocycles. The van der Waals surface area contributed by atoms with Crippen LogP contribution in [-0.2, 0) is 38.2 Å². The highest BCUT2D eigenvalue weighted by Gasteiger charge is 2.37. The number of carboxylic acid groups (broad SMARTS) is 4. The molecule has 0 fully saturated rings. The average molecular weight is 802 g/mol. The van der Waals surface area contributed by atoms with Gasteiger partial charge in [0.2, 0.25) is 6.20 Å². The summed E-state index contributed by atoms with van der Waals surface area (Å²) >= 11 is 0. The molecule has 1 heterocycles. The molecule has 0 aromatic carbocycles. The lowest BCUT2D eigenvalue weighted by molar-refractivity contribution is -0.727. The minimum atomic E-state index is -1.58. The van der Waals surface area contributed by atoms with Crippen molar-refractivity contribution in [2.24, 2.45) is 23.7 Å². The van der Waals surface area contributed by atoms with Crippen molar-refractivity contribution in [1.82, 2.24) is 0 Å². The Labute approximate surface area is 328 Å². The van der Waals surface area contributed by atoms with Gasteiger partial charge in [-0.15, -0.1) is 0 Å². The van der Waals surface area contributed by atoms with Crippen LogP contribution in [0.3, 0.4) is 0 Å². The van der Waals surface area contributed by atoms with Crippen molar-refractivity contribution in [3.8, 4) is 5.75 Å². The van der Waals surface area contributed by atoms with Gasteiger partial charge in [-0.05, 0) is 50.0 Å². The number of nitrogens with zero attached hydrogens (tertiary/aromatic N) is 1. The molecule has 1 aromatic heterocycles. The summed E-state index contributed by atoms with van der Waals surface area (Å²) in [6, 6.07) is 3.03. The second-order valence-electron chi connectivity index (χ2n) is 14.8. The van der Waals surface area contributed by atoms with Crippen molar-refractivity contribution < 1.29 is 84.0 Å². The number of pyridine rings is 1. The first-order valence-electron chi connectivity index (χ1n) is 19.2. The summed E-state index contributed by atoms with van der Waals surface area (Å²) in [6.45, 7) is 7.35. The Bertz CT molecular complexity index is 1370. The summed E-state index contributed by atoms with van der Waals surface area (Å²) in [4.78, 5) is 72.0. The summed E-state index contributed by atoms with van der Waals surface area (Å²) in [5, 5.41) is 68.4. The van der Waals surface area contributed by atoms with Gasteiger partial charge in [0.15, 0.2) is 18.0 Å². The van der Waals surface area contributed by atoms with E-state index in [9.17, 15) is 54.3 Å². The highest BCUT2D eigenvalue weighted by molar-refractivity contribution is 5.83. The van der Waals surface area contributed by atoms with E-state index < -0.39 is 104 Å². The van der Waals surface area contributed by atoms with E-state index in [1.54, 1.807) is 42.9 Å². The smallest absolute Gasteiger partial charge is 0.307 e. The molecule has 9 atom stereocenters. The van der Waals surface area contributed by atoms with E-state index in [-0.39, 0.29) is 36.0 Å². The van der Waals surface area contributed by atoms with Crippen molar-refractivity contribution in [2.75, 3.05) is 0 Å². The van der Waals surface area contributed by atoms with Crippen LogP contribution in [0.1, 0.15) is 130 Å². The first-order valence-corrected chi connectivity index (χ1v) is 19.2. The fourth-order valence-electron chi connectivity index (χ4n) is 6.57. The Morgan fingerprint density at radius 2 is 1.25 bits per heavy atom. The van der Waals surface area contributed by atoms with Gasteiger partial charge in [-0.3, -0.25) is 28.8 Å². The molecule has 17 nitrogen and oxygen atoms in total. The molecule has 17 heteroatoms. The molecule has 1 aromatic rings. The maximum atomic E-state index is 13.1. The Morgan fingerprint density at radius 1 is 0.714 bits per heavy atom. The molecule has 320 valence electrons. The van der Waals surface area contributed by atoms with Crippen LogP contribution in [0.4, 0.5) is 0 Å². The maximum Gasteiger partial charge on any atom is 0.307 e. The van der Waals surface area contributed by atoms with Crippen LogP contribution in [0.2, 0.25) is 0 Å². The Kier molecular flexibility index (Phi) is 25.2. The lowest BCUT2D eigenvalue weighted by atomic mass is 9.87. The fourth-order valence-corrected chi connectivity index (χ4v) is 6.57. The Hall–Kier alpha value is -4.35. The highest BCUT2D eigenvalue weighted by atomic mass is 16.6. The molecule has 8 N–H and O–H groups in total. The standard InChI is InChI=1S/C39H61NO15.H2O/c1-5-6-12-25(3)37(55-36(49)22-28(39(52)53)20-34(46)47)32(54-35(48)21-27(38(50)51)19-33(44)45)18-24(2)17-29(41)13-9-7-8-10-15-31(43)26(4)40-16-11-14-30(42)23-40;/h11,14,16,23-29,31-32,37,41,43H,5-10,12-13,15,17-22H2,1-4H3,(H4-,42,44,45,46,47,50,51,52,53);1H2. The molecule has 0 radical (unpaired) electrons. The van der Waals surface area contributed by atoms with E-state index in [4.69, 9.17) is 19.7 Å². The van der Waals surface area contributed by atoms with Gasteiger partial charge in [0.05, 0.1) is 43.6 Å². The number of carbonyl (C=O) groups excluding carboxylic acids is 2. The SMILES string of the molecule is CCCCC(C)C(OC(=O)CC(CC(=O)O)C(=O)O)C(CC(C)CC(O)CCCCCCC(O)C(C)[n+]1cccc(O)c1)OC(=O)CC(CC(=O)O)C(=O)O.[OH-]. The number of carbonyl (C=O) groups is 6. The average Bonchev–Trinajstić information content (AvgIpc) is 3.09. The molecule has 0 spiro atoms. The zero-order valence-electron chi connectivity index (χ0n) is 32.9. The van der Waals surface area contributed by atoms with Crippen molar-refractivity contribution in [2.45, 2.75) is 154 Å². The number of aliphatic hydroxyl groups is 2. The molecule has 56 heavy (non-hydrogen) atoms. The summed E-state index contributed by atoms with van der Waals surface area (Å²) in [7, 11) is 0. The highest BCUT2D eigenvalue weighted by Crippen LogP contribution is 2.29. The number of unbranched alkanes of at least 4 members (excludes halogenated alkanes) is 4. The number of ether oxygens (including phenoxy) is 2. The topological polar surface area (TPSA) is 296 Å². The first-order chi connectivity index (χ1) is 25.8. The Morgan fingerprint density at radius 3 is 1.75 bits per heavy atom. The Balaban J connectivity index is 0.0000302. The van der Waals surface area contributed by atoms with Crippen LogP contribution in [0.25, 0.3) is 0 Å². The number of carboxylic acids is 4. The molecule has 0 saturated heterocycles. The molecular weight excluding hydrogens is 738 g/mol. The minimum absolute atomic E-state index is 0. The van der Waals surface area contributed by atoms with E-state index in [1.165, 1.54) is 0 Å². The largest absolute Gasteiger partial charge is 0.870 e. The lowest BCUT2D eigenvalue weighted by Crippen LogP contribution is -2.43. The van der Waals surface area contributed by atoms with Gasteiger partial charge in [0.25, 0.3) is 0 Å². The molecule has 1 rings (SSSR count). The molecule has 9 unspecified atom stereocenters. The molecular formula is C39H63NO16. The molecule has 0 bridgehead atoms. The van der Waals surface area contributed by atoms with Gasteiger partial charge in [-0.2, -0.15) is 4.57 Å². The van der Waals surface area contributed by atoms with E-state index in [1.807, 2.05) is 13.8 Å². The number of aromatic hydroxyl groups is 1. The van der Waals surface area contributed by atoms with Gasteiger partial charge < -0.3 is 50.7 Å². The predicted molar refractivity (Wildman–Crippen MR) is 198 cm³/mol. The summed E-state index contributed by atoms with van der Waals surface area (Å²) in [5.41, 5.74) is 0. The van der Waals surface area contributed by atoms with Crippen LogP contribution >= 0.6 is 0 Å². The zero-order chi connectivity index (χ0) is 41.7. The van der Waals surface area contributed by atoms with Gasteiger partial charge >= 0.3 is 35.8 Å². The van der Waals surface area contributed by atoms with Crippen LogP contribution in [0.15, 0.2) is 24.5 Å². The molecule has 0 saturated carbocycles. The summed E-state index contributed by atoms with van der Waals surface area (Å²) in [5.74, 6) is -11.7. The van der Waals surface area contributed by atoms with Crippen molar-refractivity contribution >= 4 is 35.8 Å². The first kappa shape index (κ1) is 51.6. The van der Waals surface area contributed by atoms with Crippen LogP contribution in [-0.4, -0.2) is 101 Å². The van der Waals surface area contributed by atoms with Crippen LogP contribution in [0.5, 0.6) is 5.75 Å². The number of aromatic nitrogens is 1. The summed E-state index contributed by atoms with van der Waals surface area (Å²) < 4.78 is 13.2. The lowest BCUT2D eigenvalue weighted by Gasteiger charge is -2.33. The fraction of sp³-hybridized carbons (Fsp3) is 0.718. The third-order valence-corrected chi connectivity index (χ3v) is 9.79.